The van der Waals surface area contributed by atoms with Crippen molar-refractivity contribution in [3.05, 3.63) is 258 Å². The summed E-state index contributed by atoms with van der Waals surface area (Å²) >= 11 is 0. The molecule has 2 aliphatic carbocycles. The predicted octanol–water partition coefficient (Wildman–Crippen LogP) is 15.2. The Morgan fingerprint density at radius 3 is 1.41 bits per heavy atom. The Morgan fingerprint density at radius 1 is 0.322 bits per heavy atom. The predicted molar refractivity (Wildman–Crippen MR) is 247 cm³/mol. The van der Waals surface area contributed by atoms with Crippen molar-refractivity contribution in [3.8, 4) is 44.5 Å². The molecule has 11 rings (SSSR count). The Kier molecular flexibility index (Phi) is 8.13. The first-order valence-electron chi connectivity index (χ1n) is 20.7. The topological polar surface area (TPSA) is 3.24 Å². The van der Waals surface area contributed by atoms with Crippen LogP contribution in [-0.2, 0) is 10.8 Å². The van der Waals surface area contributed by atoms with E-state index in [9.17, 15) is 0 Å². The number of rotatable bonds is 7. The number of anilines is 3. The summed E-state index contributed by atoms with van der Waals surface area (Å²) < 4.78 is 0. The zero-order valence-corrected chi connectivity index (χ0v) is 33.3. The van der Waals surface area contributed by atoms with Crippen LogP contribution in [-0.4, -0.2) is 0 Å². The molecule has 0 spiro atoms. The van der Waals surface area contributed by atoms with Gasteiger partial charge in [-0.1, -0.05) is 202 Å². The van der Waals surface area contributed by atoms with Gasteiger partial charge in [-0.15, -0.1) is 0 Å². The van der Waals surface area contributed by atoms with Crippen LogP contribution in [0.3, 0.4) is 0 Å². The Morgan fingerprint density at radius 2 is 0.780 bits per heavy atom. The number of benzene rings is 9. The second-order valence-corrected chi connectivity index (χ2v) is 16.5. The lowest BCUT2D eigenvalue weighted by molar-refractivity contribution is 0.660. The SMILES string of the molecule is CC1(C)c2ccccc2-c2ccc(-c3ccc(N(c4ccc(-c5ccccc5)cc4)c4cccc5c4-c4ccccc4C5(c4ccccc4)c4ccccc4)cc3)cc21. The van der Waals surface area contributed by atoms with E-state index in [0.717, 1.165) is 17.1 Å². The van der Waals surface area contributed by atoms with Gasteiger partial charge in [0.2, 0.25) is 0 Å². The Hall–Kier alpha value is -7.22. The van der Waals surface area contributed by atoms with Crippen molar-refractivity contribution in [3.63, 3.8) is 0 Å². The number of hydrogen-bond acceptors (Lipinski definition) is 1. The van der Waals surface area contributed by atoms with Gasteiger partial charge in [-0.05, 0) is 109 Å². The Labute approximate surface area is 347 Å². The van der Waals surface area contributed by atoms with Crippen molar-refractivity contribution in [2.24, 2.45) is 0 Å². The van der Waals surface area contributed by atoms with Crippen molar-refractivity contribution >= 4 is 17.1 Å². The summed E-state index contributed by atoms with van der Waals surface area (Å²) in [6.07, 6.45) is 0. The van der Waals surface area contributed by atoms with E-state index in [1.165, 1.54) is 77.9 Å². The van der Waals surface area contributed by atoms with Crippen LogP contribution in [0.5, 0.6) is 0 Å². The zero-order valence-electron chi connectivity index (χ0n) is 33.3. The smallest absolute Gasteiger partial charge is 0.0714 e. The van der Waals surface area contributed by atoms with Crippen LogP contribution in [0, 0.1) is 0 Å². The lowest BCUT2D eigenvalue weighted by Gasteiger charge is -2.34. The van der Waals surface area contributed by atoms with Crippen molar-refractivity contribution in [2.75, 3.05) is 4.90 Å². The Balaban J connectivity index is 1.09. The van der Waals surface area contributed by atoms with Crippen LogP contribution >= 0.6 is 0 Å². The molecule has 0 atom stereocenters. The highest BCUT2D eigenvalue weighted by atomic mass is 15.1. The minimum atomic E-state index is -0.488. The molecule has 9 aromatic rings. The lowest BCUT2D eigenvalue weighted by Crippen LogP contribution is -2.28. The van der Waals surface area contributed by atoms with Gasteiger partial charge in [0, 0.05) is 22.4 Å². The fraction of sp³-hybridized carbons (Fsp3) is 0.0690. The number of hydrogen-bond donors (Lipinski definition) is 0. The maximum atomic E-state index is 2.46. The van der Waals surface area contributed by atoms with E-state index in [0.29, 0.717) is 0 Å². The van der Waals surface area contributed by atoms with E-state index in [1.54, 1.807) is 0 Å². The zero-order chi connectivity index (χ0) is 39.6. The van der Waals surface area contributed by atoms with Gasteiger partial charge in [-0.25, -0.2) is 0 Å². The van der Waals surface area contributed by atoms with Crippen LogP contribution in [0.15, 0.2) is 224 Å². The molecule has 0 radical (unpaired) electrons. The van der Waals surface area contributed by atoms with Gasteiger partial charge in [0.25, 0.3) is 0 Å². The molecule has 0 aromatic heterocycles. The first-order chi connectivity index (χ1) is 29.0. The first kappa shape index (κ1) is 35.0. The third-order valence-corrected chi connectivity index (χ3v) is 13.0. The van der Waals surface area contributed by atoms with E-state index in [4.69, 9.17) is 0 Å². The highest BCUT2D eigenvalue weighted by molar-refractivity contribution is 5.97. The molecule has 0 heterocycles. The summed E-state index contributed by atoms with van der Waals surface area (Å²) in [4.78, 5) is 2.46. The second kappa shape index (κ2) is 13.7. The molecule has 59 heavy (non-hydrogen) atoms. The largest absolute Gasteiger partial charge is 0.310 e. The molecule has 0 saturated heterocycles. The van der Waals surface area contributed by atoms with Crippen LogP contribution < -0.4 is 4.90 Å². The minimum Gasteiger partial charge on any atom is -0.310 e. The Bertz CT molecular complexity index is 2940. The molecule has 0 bridgehead atoms. The third-order valence-electron chi connectivity index (χ3n) is 13.0. The van der Waals surface area contributed by atoms with E-state index >= 15 is 0 Å². The van der Waals surface area contributed by atoms with E-state index in [1.807, 2.05) is 0 Å². The summed E-state index contributed by atoms with van der Waals surface area (Å²) in [5, 5.41) is 0. The maximum absolute atomic E-state index is 2.46. The number of fused-ring (bicyclic) bond motifs is 6. The molecule has 0 unspecified atom stereocenters. The summed E-state index contributed by atoms with van der Waals surface area (Å²) in [7, 11) is 0. The quantitative estimate of drug-likeness (QED) is 0.157. The van der Waals surface area contributed by atoms with Crippen molar-refractivity contribution < 1.29 is 0 Å². The second-order valence-electron chi connectivity index (χ2n) is 16.5. The van der Waals surface area contributed by atoms with Crippen LogP contribution in [0.4, 0.5) is 17.1 Å². The van der Waals surface area contributed by atoms with E-state index in [-0.39, 0.29) is 5.41 Å². The molecule has 1 nitrogen and oxygen atoms in total. The normalized spacial score (nSPS) is 13.9. The number of nitrogens with zero attached hydrogens (tertiary/aromatic N) is 1. The monoisotopic (exact) mass is 753 g/mol. The van der Waals surface area contributed by atoms with Crippen molar-refractivity contribution in [2.45, 2.75) is 24.7 Å². The molecule has 9 aromatic carbocycles. The highest BCUT2D eigenvalue weighted by Gasteiger charge is 2.47. The minimum absolute atomic E-state index is 0.0523. The molecule has 0 amide bonds. The average molecular weight is 754 g/mol. The first-order valence-corrected chi connectivity index (χ1v) is 20.7. The lowest BCUT2D eigenvalue weighted by atomic mass is 9.68. The summed E-state index contributed by atoms with van der Waals surface area (Å²) in [5.74, 6) is 0. The van der Waals surface area contributed by atoms with E-state index < -0.39 is 5.41 Å². The molecule has 0 fully saturated rings. The highest BCUT2D eigenvalue weighted by Crippen LogP contribution is 2.59. The molecule has 0 N–H and O–H groups in total. The summed E-state index contributed by atoms with van der Waals surface area (Å²) in [6.45, 7) is 4.71. The van der Waals surface area contributed by atoms with Crippen LogP contribution in [0.25, 0.3) is 44.5 Å². The van der Waals surface area contributed by atoms with Gasteiger partial charge in [-0.3, -0.25) is 0 Å². The summed E-state index contributed by atoms with van der Waals surface area (Å²) in [5.41, 5.74) is 20.8. The van der Waals surface area contributed by atoms with Gasteiger partial charge in [0.05, 0.1) is 11.1 Å². The van der Waals surface area contributed by atoms with Gasteiger partial charge in [0.1, 0.15) is 0 Å². The van der Waals surface area contributed by atoms with Crippen molar-refractivity contribution in [1.29, 1.82) is 0 Å². The van der Waals surface area contributed by atoms with Crippen LogP contribution in [0.2, 0.25) is 0 Å². The molecule has 280 valence electrons. The maximum Gasteiger partial charge on any atom is 0.0714 e. The molecule has 0 saturated carbocycles. The van der Waals surface area contributed by atoms with Crippen molar-refractivity contribution in [1.82, 2.24) is 0 Å². The van der Waals surface area contributed by atoms with Gasteiger partial charge >= 0.3 is 0 Å². The van der Waals surface area contributed by atoms with E-state index in [2.05, 4.69) is 243 Å². The van der Waals surface area contributed by atoms with Crippen LogP contribution in [0.1, 0.15) is 47.2 Å². The fourth-order valence-corrected chi connectivity index (χ4v) is 10.2. The van der Waals surface area contributed by atoms with Gasteiger partial charge in [0.15, 0.2) is 0 Å². The van der Waals surface area contributed by atoms with Gasteiger partial charge in [-0.2, -0.15) is 0 Å². The average Bonchev–Trinajstić information content (AvgIpc) is 3.74. The standard InChI is InChI=1S/C58H43N/c1-57(2)51-25-14-12-23-48(51)49-38-33-43(39-54(49)57)42-31-36-47(37-32-42)59(46-34-29-41(30-35-46)40-17-6-3-7-18-40)55-28-16-27-53-56(55)50-24-13-15-26-52(50)58(53,44-19-8-4-9-20-44)45-21-10-5-11-22-45/h3-39H,1-2H3. The summed E-state index contributed by atoms with van der Waals surface area (Å²) in [6, 6.07) is 82.9. The molecule has 0 aliphatic heterocycles. The molecular weight excluding hydrogens is 711 g/mol. The molecular formula is C58H43N. The molecule has 1 heteroatoms. The fourth-order valence-electron chi connectivity index (χ4n) is 10.2. The molecule has 2 aliphatic rings. The third kappa shape index (κ3) is 5.39. The van der Waals surface area contributed by atoms with Gasteiger partial charge < -0.3 is 4.90 Å².